The lowest BCUT2D eigenvalue weighted by atomic mass is 9.84. The summed E-state index contributed by atoms with van der Waals surface area (Å²) in [5.41, 5.74) is 1.47. The number of ketones is 1. The van der Waals surface area contributed by atoms with Crippen molar-refractivity contribution in [2.45, 2.75) is 45.4 Å². The maximum absolute atomic E-state index is 13.9. The second-order valence-corrected chi connectivity index (χ2v) is 6.55. The van der Waals surface area contributed by atoms with Crippen LogP contribution in [0.15, 0.2) is 24.3 Å². The van der Waals surface area contributed by atoms with E-state index >= 15 is 0 Å². The van der Waals surface area contributed by atoms with Gasteiger partial charge < -0.3 is 0 Å². The van der Waals surface area contributed by atoms with Gasteiger partial charge in [0, 0.05) is 0 Å². The molecule has 0 saturated heterocycles. The van der Waals surface area contributed by atoms with Crippen LogP contribution >= 0.6 is 15.9 Å². The lowest BCUT2D eigenvalue weighted by Gasteiger charge is -2.22. The van der Waals surface area contributed by atoms with Gasteiger partial charge in [-0.05, 0) is 43.0 Å². The molecule has 0 N–H and O–H groups in total. The van der Waals surface area contributed by atoms with E-state index in [4.69, 9.17) is 0 Å². The number of benzene rings is 1. The zero-order valence-electron chi connectivity index (χ0n) is 14.4. The minimum absolute atomic E-state index is 0.0556. The van der Waals surface area contributed by atoms with Gasteiger partial charge in [-0.2, -0.15) is 5.10 Å². The molecule has 0 radical (unpaired) electrons. The van der Waals surface area contributed by atoms with Crippen molar-refractivity contribution in [1.29, 1.82) is 0 Å². The van der Waals surface area contributed by atoms with E-state index < -0.39 is 11.6 Å². The van der Waals surface area contributed by atoms with Gasteiger partial charge in [0.25, 0.3) is 0 Å². The highest BCUT2D eigenvalue weighted by Crippen LogP contribution is 2.33. The Morgan fingerprint density at radius 1 is 1.24 bits per heavy atom. The number of fused-ring (bicyclic) bond motifs is 1. The maximum Gasteiger partial charge on any atom is 0.152 e. The monoisotopic (exact) mass is 410 g/mol. The van der Waals surface area contributed by atoms with Gasteiger partial charge in [-0.3, -0.25) is 4.79 Å². The van der Waals surface area contributed by atoms with Crippen molar-refractivity contribution in [3.63, 3.8) is 0 Å². The molecule has 0 fully saturated rings. The summed E-state index contributed by atoms with van der Waals surface area (Å²) in [6, 6.07) is 5.34. The zero-order chi connectivity index (χ0) is 18.4. The lowest BCUT2D eigenvalue weighted by Crippen LogP contribution is -2.21. The average Bonchev–Trinajstić information content (AvgIpc) is 2.61. The molecule has 0 spiro atoms. The summed E-state index contributed by atoms with van der Waals surface area (Å²) in [7, 11) is 0. The number of halogens is 3. The number of carbonyl (C=O) groups is 1. The summed E-state index contributed by atoms with van der Waals surface area (Å²) < 4.78 is 27.7. The van der Waals surface area contributed by atoms with Crippen LogP contribution in [0.2, 0.25) is 0 Å². The predicted molar refractivity (Wildman–Crippen MR) is 97.8 cm³/mol. The molecule has 1 unspecified atom stereocenters. The third-order valence-electron chi connectivity index (χ3n) is 3.91. The molecule has 1 atom stereocenters. The number of Topliss-reactive ketones (excluding diaryl/α,β-unsaturated/α-hetero) is 1. The van der Waals surface area contributed by atoms with Gasteiger partial charge in [0.15, 0.2) is 5.78 Å². The fourth-order valence-electron chi connectivity index (χ4n) is 2.84. The molecular formula is C19H21BrF2N2O. The number of aryl methyl sites for hydroxylation is 1. The van der Waals surface area contributed by atoms with Crippen LogP contribution in [0.5, 0.6) is 0 Å². The average molecular weight is 411 g/mol. The van der Waals surface area contributed by atoms with Gasteiger partial charge in [-0.1, -0.05) is 42.3 Å². The smallest absolute Gasteiger partial charge is 0.152 e. The van der Waals surface area contributed by atoms with E-state index in [9.17, 15) is 13.6 Å². The first-order chi connectivity index (χ1) is 12.0. The predicted octanol–water partition coefficient (Wildman–Crippen LogP) is 5.22. The van der Waals surface area contributed by atoms with E-state index in [-0.39, 0.29) is 28.3 Å². The van der Waals surface area contributed by atoms with Crippen LogP contribution in [0.25, 0.3) is 11.3 Å². The molecule has 2 aromatic rings. The van der Waals surface area contributed by atoms with Gasteiger partial charge in [0.1, 0.15) is 11.6 Å². The minimum atomic E-state index is -0.668. The number of rotatable bonds is 3. The highest BCUT2D eigenvalue weighted by molar-refractivity contribution is 9.09. The molecule has 6 heteroatoms. The maximum atomic E-state index is 13.9. The van der Waals surface area contributed by atoms with Crippen molar-refractivity contribution in [3.05, 3.63) is 47.2 Å². The van der Waals surface area contributed by atoms with Crippen LogP contribution in [-0.4, -0.2) is 21.3 Å². The van der Waals surface area contributed by atoms with E-state index in [1.54, 1.807) is 6.07 Å². The van der Waals surface area contributed by atoms with Gasteiger partial charge in [-0.15, -0.1) is 5.10 Å². The van der Waals surface area contributed by atoms with Crippen molar-refractivity contribution >= 4 is 21.7 Å². The molecular weight excluding hydrogens is 390 g/mol. The Morgan fingerprint density at radius 3 is 2.48 bits per heavy atom. The molecule has 1 aliphatic carbocycles. The summed E-state index contributed by atoms with van der Waals surface area (Å²) >= 11 is 3.18. The Labute approximate surface area is 155 Å². The van der Waals surface area contributed by atoms with Crippen molar-refractivity contribution in [2.24, 2.45) is 0 Å². The van der Waals surface area contributed by atoms with Gasteiger partial charge in [-0.25, -0.2) is 8.78 Å². The van der Waals surface area contributed by atoms with Gasteiger partial charge in [0.2, 0.25) is 0 Å². The SMILES string of the molecule is CCC.O=C(CBr)C1CCCc2cc(-c3c(F)cccc3F)nnc21. The van der Waals surface area contributed by atoms with Crippen LogP contribution in [0.1, 0.15) is 50.3 Å². The van der Waals surface area contributed by atoms with Crippen LogP contribution in [0.3, 0.4) is 0 Å². The Morgan fingerprint density at radius 2 is 1.88 bits per heavy atom. The Balaban J connectivity index is 0.000000701. The standard InChI is InChI=1S/C16H13BrF2N2O.C3H8/c17-8-14(22)10-4-1-3-9-7-13(20-21-16(9)10)15-11(18)5-2-6-12(15)19;1-3-2/h2,5-7,10H,1,3-4,8H2;3H2,1-2H3. The molecule has 0 bridgehead atoms. The normalized spacial score (nSPS) is 15.8. The van der Waals surface area contributed by atoms with Crippen molar-refractivity contribution < 1.29 is 13.6 Å². The number of aromatic nitrogens is 2. The fourth-order valence-corrected chi connectivity index (χ4v) is 3.23. The molecule has 1 aliphatic rings. The van der Waals surface area contributed by atoms with E-state index in [2.05, 4.69) is 40.0 Å². The number of hydrogen-bond donors (Lipinski definition) is 0. The highest BCUT2D eigenvalue weighted by Gasteiger charge is 2.28. The molecule has 134 valence electrons. The first-order valence-corrected chi connectivity index (χ1v) is 9.55. The molecule has 1 aromatic heterocycles. The molecule has 0 saturated carbocycles. The van der Waals surface area contributed by atoms with Crippen molar-refractivity contribution in [2.75, 3.05) is 5.33 Å². The second-order valence-electron chi connectivity index (χ2n) is 5.99. The minimum Gasteiger partial charge on any atom is -0.298 e. The third-order valence-corrected chi connectivity index (χ3v) is 4.47. The molecule has 3 nitrogen and oxygen atoms in total. The summed E-state index contributed by atoms with van der Waals surface area (Å²) in [4.78, 5) is 12.0. The molecule has 0 aliphatic heterocycles. The molecule has 25 heavy (non-hydrogen) atoms. The molecule has 3 rings (SSSR count). The summed E-state index contributed by atoms with van der Waals surface area (Å²) in [6.07, 6.45) is 3.57. The third kappa shape index (κ3) is 4.48. The van der Waals surface area contributed by atoms with Crippen LogP contribution in [0.4, 0.5) is 8.78 Å². The molecule has 1 heterocycles. The van der Waals surface area contributed by atoms with Gasteiger partial charge in [0.05, 0.1) is 28.2 Å². The second kappa shape index (κ2) is 9.13. The number of carbonyl (C=O) groups excluding carboxylic acids is 1. The number of nitrogens with zero attached hydrogens (tertiary/aromatic N) is 2. The Hall–Kier alpha value is -1.69. The van der Waals surface area contributed by atoms with Crippen LogP contribution in [-0.2, 0) is 11.2 Å². The van der Waals surface area contributed by atoms with Crippen molar-refractivity contribution in [1.82, 2.24) is 10.2 Å². The molecule has 1 aromatic carbocycles. The van der Waals surface area contributed by atoms with Crippen LogP contribution < -0.4 is 0 Å². The quantitative estimate of drug-likeness (QED) is 0.651. The topological polar surface area (TPSA) is 42.9 Å². The highest BCUT2D eigenvalue weighted by atomic mass is 79.9. The van der Waals surface area contributed by atoms with E-state index in [0.29, 0.717) is 5.69 Å². The lowest BCUT2D eigenvalue weighted by molar-refractivity contribution is -0.118. The summed E-state index contributed by atoms with van der Waals surface area (Å²) in [5, 5.41) is 8.32. The van der Waals surface area contributed by atoms with E-state index in [1.165, 1.54) is 24.6 Å². The van der Waals surface area contributed by atoms with Gasteiger partial charge >= 0.3 is 0 Å². The largest absolute Gasteiger partial charge is 0.298 e. The van der Waals surface area contributed by atoms with E-state index in [0.717, 1.165) is 24.8 Å². The van der Waals surface area contributed by atoms with Crippen LogP contribution in [0, 0.1) is 11.6 Å². The van der Waals surface area contributed by atoms with Crippen molar-refractivity contribution in [3.8, 4) is 11.3 Å². The Kier molecular flexibility index (Phi) is 7.17. The Bertz CT molecular complexity index is 732. The summed E-state index contributed by atoms with van der Waals surface area (Å²) in [6.45, 7) is 4.25. The summed E-state index contributed by atoms with van der Waals surface area (Å²) in [5.74, 6) is -1.56. The van der Waals surface area contributed by atoms with E-state index in [1.807, 2.05) is 0 Å². The number of hydrogen-bond acceptors (Lipinski definition) is 3. The number of alkyl halides is 1. The molecule has 0 amide bonds. The first-order valence-electron chi connectivity index (χ1n) is 8.42. The zero-order valence-corrected chi connectivity index (χ0v) is 15.9. The fraction of sp³-hybridized carbons (Fsp3) is 0.421. The first kappa shape index (κ1) is 19.6.